The molecule has 4 atom stereocenters. The second-order valence-electron chi connectivity index (χ2n) is 9.87. The average Bonchev–Trinajstić information content (AvgIpc) is 3.19. The van der Waals surface area contributed by atoms with Crippen molar-refractivity contribution in [2.45, 2.75) is 80.5 Å². The predicted molar refractivity (Wildman–Crippen MR) is 143 cm³/mol. The molecule has 3 rings (SSSR count). The van der Waals surface area contributed by atoms with Gasteiger partial charge < -0.3 is 18.9 Å². The van der Waals surface area contributed by atoms with Crippen LogP contribution in [-0.4, -0.2) is 74.5 Å². The summed E-state index contributed by atoms with van der Waals surface area (Å²) in [5.41, 5.74) is 1.87. The van der Waals surface area contributed by atoms with Gasteiger partial charge >= 0.3 is 0 Å². The molecule has 218 valence electrons. The van der Waals surface area contributed by atoms with Crippen molar-refractivity contribution in [2.75, 3.05) is 27.4 Å². The first kappa shape index (κ1) is 31.6. The SMILES string of the molecule is CO[C@H](CCOS(=O)(=O)c1ccc(C)cc1)[C@H]1OC(C)(C)O[C@@H]1[C@@H](CCOS(=O)(=O)c1ccc(C)cc1)OC. The van der Waals surface area contributed by atoms with E-state index in [1.165, 1.54) is 38.5 Å². The molecule has 1 aliphatic heterocycles. The van der Waals surface area contributed by atoms with Gasteiger partial charge in [-0.2, -0.15) is 16.8 Å². The van der Waals surface area contributed by atoms with Gasteiger partial charge in [0.05, 0.1) is 35.2 Å². The number of methoxy groups -OCH3 is 2. The molecule has 0 aromatic heterocycles. The molecular weight excluding hydrogens is 548 g/mol. The highest BCUT2D eigenvalue weighted by Crippen LogP contribution is 2.35. The second-order valence-corrected chi connectivity index (χ2v) is 13.1. The van der Waals surface area contributed by atoms with E-state index in [1.807, 2.05) is 13.8 Å². The Morgan fingerprint density at radius 3 is 1.33 bits per heavy atom. The zero-order valence-corrected chi connectivity index (χ0v) is 24.8. The van der Waals surface area contributed by atoms with Gasteiger partial charge in [-0.15, -0.1) is 0 Å². The molecule has 0 radical (unpaired) electrons. The summed E-state index contributed by atoms with van der Waals surface area (Å²) in [5.74, 6) is -0.980. The first-order valence-corrected chi connectivity index (χ1v) is 15.4. The molecule has 2 aromatic rings. The normalized spacial score (nSPS) is 21.1. The van der Waals surface area contributed by atoms with Crippen LogP contribution in [0.15, 0.2) is 58.3 Å². The fourth-order valence-electron chi connectivity index (χ4n) is 4.32. The van der Waals surface area contributed by atoms with Gasteiger partial charge in [0.2, 0.25) is 0 Å². The van der Waals surface area contributed by atoms with Crippen molar-refractivity contribution in [1.29, 1.82) is 0 Å². The molecule has 12 heteroatoms. The largest absolute Gasteiger partial charge is 0.379 e. The highest BCUT2D eigenvalue weighted by Gasteiger charge is 2.49. The number of benzene rings is 2. The monoisotopic (exact) mass is 586 g/mol. The topological polar surface area (TPSA) is 124 Å². The lowest BCUT2D eigenvalue weighted by Crippen LogP contribution is -2.44. The average molecular weight is 587 g/mol. The second kappa shape index (κ2) is 13.2. The van der Waals surface area contributed by atoms with Gasteiger partial charge in [0.25, 0.3) is 20.2 Å². The van der Waals surface area contributed by atoms with Gasteiger partial charge in [-0.1, -0.05) is 35.4 Å². The summed E-state index contributed by atoms with van der Waals surface area (Å²) in [5, 5.41) is 0. The van der Waals surface area contributed by atoms with Gasteiger partial charge in [-0.05, 0) is 52.0 Å². The Balaban J connectivity index is 1.63. The van der Waals surface area contributed by atoms with Crippen molar-refractivity contribution in [2.24, 2.45) is 0 Å². The van der Waals surface area contributed by atoms with E-state index in [9.17, 15) is 16.8 Å². The summed E-state index contributed by atoms with van der Waals surface area (Å²) in [7, 11) is -4.90. The highest BCUT2D eigenvalue weighted by atomic mass is 32.2. The van der Waals surface area contributed by atoms with E-state index in [2.05, 4.69) is 0 Å². The third-order valence-electron chi connectivity index (χ3n) is 6.40. The zero-order valence-electron chi connectivity index (χ0n) is 23.2. The van der Waals surface area contributed by atoms with Gasteiger partial charge in [-0.3, -0.25) is 8.37 Å². The Kier molecular flexibility index (Phi) is 10.7. The molecule has 1 saturated heterocycles. The van der Waals surface area contributed by atoms with Crippen LogP contribution in [0.1, 0.15) is 37.8 Å². The summed E-state index contributed by atoms with van der Waals surface area (Å²) in [6.45, 7) is 6.94. The summed E-state index contributed by atoms with van der Waals surface area (Å²) in [6, 6.07) is 12.8. The van der Waals surface area contributed by atoms with E-state index in [1.54, 1.807) is 38.1 Å². The Morgan fingerprint density at radius 1 is 0.692 bits per heavy atom. The molecule has 0 N–H and O–H groups in total. The summed E-state index contributed by atoms with van der Waals surface area (Å²) in [6.07, 6.45) is -2.10. The molecule has 39 heavy (non-hydrogen) atoms. The highest BCUT2D eigenvalue weighted by molar-refractivity contribution is 7.87. The van der Waals surface area contributed by atoms with E-state index in [-0.39, 0.29) is 35.8 Å². The van der Waals surface area contributed by atoms with Crippen molar-refractivity contribution in [3.8, 4) is 0 Å². The van der Waals surface area contributed by atoms with E-state index in [0.717, 1.165) is 11.1 Å². The first-order valence-electron chi connectivity index (χ1n) is 12.6. The van der Waals surface area contributed by atoms with Gasteiger partial charge in [0.15, 0.2) is 5.79 Å². The van der Waals surface area contributed by atoms with Crippen LogP contribution in [0.2, 0.25) is 0 Å². The summed E-state index contributed by atoms with van der Waals surface area (Å²) >= 11 is 0. The fraction of sp³-hybridized carbons (Fsp3) is 0.556. The Morgan fingerprint density at radius 2 is 1.03 bits per heavy atom. The van der Waals surface area contributed by atoms with E-state index in [0.29, 0.717) is 0 Å². The molecule has 1 heterocycles. The standard InChI is InChI=1S/C27H38O10S2/c1-19-7-11-21(12-8-19)38(28,29)34-17-15-23(32-5)25-26(37-27(3,4)36-25)24(33-6)16-18-35-39(30,31)22-13-9-20(2)10-14-22/h7-14,23-26H,15-18H2,1-6H3/t23-,24-,25-,26-/m1/s1. The molecule has 0 bridgehead atoms. The molecular formula is C27H38O10S2. The van der Waals surface area contributed by atoms with Crippen molar-refractivity contribution in [3.63, 3.8) is 0 Å². The molecule has 0 amide bonds. The summed E-state index contributed by atoms with van der Waals surface area (Å²) in [4.78, 5) is 0.142. The van der Waals surface area contributed by atoms with Crippen molar-refractivity contribution in [1.82, 2.24) is 0 Å². The van der Waals surface area contributed by atoms with Crippen molar-refractivity contribution >= 4 is 20.2 Å². The van der Waals surface area contributed by atoms with E-state index >= 15 is 0 Å². The van der Waals surface area contributed by atoms with E-state index < -0.39 is 50.4 Å². The van der Waals surface area contributed by atoms with Crippen LogP contribution in [-0.2, 0) is 47.5 Å². The maximum absolute atomic E-state index is 12.6. The fourth-order valence-corrected chi connectivity index (χ4v) is 6.16. The zero-order chi connectivity index (χ0) is 28.8. The Labute approximate surface area is 231 Å². The van der Waals surface area contributed by atoms with E-state index in [4.69, 9.17) is 27.3 Å². The van der Waals surface area contributed by atoms with Crippen LogP contribution in [0.4, 0.5) is 0 Å². The maximum atomic E-state index is 12.6. The minimum absolute atomic E-state index is 0.0709. The maximum Gasteiger partial charge on any atom is 0.296 e. The first-order chi connectivity index (χ1) is 18.3. The number of hydrogen-bond donors (Lipinski definition) is 0. The smallest absolute Gasteiger partial charge is 0.296 e. The van der Waals surface area contributed by atoms with Gasteiger partial charge in [0.1, 0.15) is 12.2 Å². The lowest BCUT2D eigenvalue weighted by atomic mass is 9.99. The minimum atomic E-state index is -3.94. The lowest BCUT2D eigenvalue weighted by molar-refractivity contribution is -0.164. The quantitative estimate of drug-likeness (QED) is 0.302. The molecule has 0 saturated carbocycles. The Hall–Kier alpha value is -1.90. The third-order valence-corrected chi connectivity index (χ3v) is 9.06. The van der Waals surface area contributed by atoms with Crippen LogP contribution in [0.3, 0.4) is 0 Å². The van der Waals surface area contributed by atoms with Crippen molar-refractivity contribution in [3.05, 3.63) is 59.7 Å². The molecule has 1 aliphatic rings. The third kappa shape index (κ3) is 8.54. The number of rotatable bonds is 14. The lowest BCUT2D eigenvalue weighted by Gasteiger charge is -2.29. The van der Waals surface area contributed by atoms with Crippen LogP contribution >= 0.6 is 0 Å². The van der Waals surface area contributed by atoms with Crippen LogP contribution in [0, 0.1) is 13.8 Å². The predicted octanol–water partition coefficient (Wildman–Crippen LogP) is 3.74. The molecule has 0 unspecified atom stereocenters. The molecule has 0 spiro atoms. The molecule has 2 aromatic carbocycles. The van der Waals surface area contributed by atoms with Crippen LogP contribution in [0.25, 0.3) is 0 Å². The number of hydrogen-bond acceptors (Lipinski definition) is 10. The molecule has 1 fully saturated rings. The molecule has 10 nitrogen and oxygen atoms in total. The van der Waals surface area contributed by atoms with Crippen molar-refractivity contribution < 1.29 is 44.1 Å². The van der Waals surface area contributed by atoms with Crippen LogP contribution < -0.4 is 0 Å². The Bertz CT molecular complexity index is 1170. The number of aryl methyl sites for hydroxylation is 2. The van der Waals surface area contributed by atoms with Gasteiger partial charge in [-0.25, -0.2) is 0 Å². The summed E-state index contributed by atoms with van der Waals surface area (Å²) < 4.78 is 84.3. The molecule has 0 aliphatic carbocycles. The van der Waals surface area contributed by atoms with Gasteiger partial charge in [0, 0.05) is 27.1 Å². The minimum Gasteiger partial charge on any atom is -0.379 e. The van der Waals surface area contributed by atoms with Crippen LogP contribution in [0.5, 0.6) is 0 Å². The number of ether oxygens (including phenoxy) is 4.